The summed E-state index contributed by atoms with van der Waals surface area (Å²) in [5, 5.41) is 2.11. The number of rotatable bonds is 0. The van der Waals surface area contributed by atoms with Gasteiger partial charge in [-0.1, -0.05) is 48.2 Å². The number of allylic oxidation sites excluding steroid dienone is 1. The SMILES string of the molecule is O=C1OC2(CCC2)OC(=O)C1=CC#Cc1cccc2ccccc12. The maximum Gasteiger partial charge on any atom is 0.349 e. The van der Waals surface area contributed by atoms with Crippen LogP contribution in [0.15, 0.2) is 54.1 Å². The van der Waals surface area contributed by atoms with Crippen LogP contribution in [0.2, 0.25) is 0 Å². The highest BCUT2D eigenvalue weighted by atomic mass is 16.7. The maximum atomic E-state index is 12.0. The Morgan fingerprint density at radius 3 is 2.38 bits per heavy atom. The third kappa shape index (κ3) is 2.44. The normalized spacial score (nSPS) is 18.2. The summed E-state index contributed by atoms with van der Waals surface area (Å²) in [7, 11) is 0. The van der Waals surface area contributed by atoms with Crippen LogP contribution in [0.25, 0.3) is 10.8 Å². The second-order valence-corrected chi connectivity index (χ2v) is 5.90. The van der Waals surface area contributed by atoms with E-state index >= 15 is 0 Å². The fourth-order valence-electron chi connectivity index (χ4n) is 2.86. The summed E-state index contributed by atoms with van der Waals surface area (Å²) >= 11 is 0. The predicted molar refractivity (Wildman–Crippen MR) is 87.7 cm³/mol. The van der Waals surface area contributed by atoms with E-state index in [9.17, 15) is 9.59 Å². The van der Waals surface area contributed by atoms with Gasteiger partial charge in [-0.25, -0.2) is 9.59 Å². The highest BCUT2D eigenvalue weighted by molar-refractivity contribution is 6.15. The van der Waals surface area contributed by atoms with Crippen molar-refractivity contribution in [1.82, 2.24) is 0 Å². The summed E-state index contributed by atoms with van der Waals surface area (Å²) in [6.45, 7) is 0. The number of carbonyl (C=O) groups is 2. The molecule has 0 radical (unpaired) electrons. The Labute approximate surface area is 139 Å². The first-order valence-electron chi connectivity index (χ1n) is 7.83. The van der Waals surface area contributed by atoms with Crippen LogP contribution in [0.3, 0.4) is 0 Å². The summed E-state index contributed by atoms with van der Waals surface area (Å²) in [5.74, 6) is 3.43. The smallest absolute Gasteiger partial charge is 0.349 e. The predicted octanol–water partition coefficient (Wildman–Crippen LogP) is 3.10. The Morgan fingerprint density at radius 1 is 0.958 bits per heavy atom. The van der Waals surface area contributed by atoms with Crippen molar-refractivity contribution in [2.75, 3.05) is 0 Å². The lowest BCUT2D eigenvalue weighted by Crippen LogP contribution is -2.51. The van der Waals surface area contributed by atoms with Gasteiger partial charge < -0.3 is 9.47 Å². The van der Waals surface area contributed by atoms with Gasteiger partial charge in [0.15, 0.2) is 5.57 Å². The molecule has 2 aliphatic rings. The molecule has 2 aromatic carbocycles. The summed E-state index contributed by atoms with van der Waals surface area (Å²) in [4.78, 5) is 24.0. The summed E-state index contributed by atoms with van der Waals surface area (Å²) in [6.07, 6.45) is 3.30. The molecule has 0 bridgehead atoms. The van der Waals surface area contributed by atoms with Crippen LogP contribution < -0.4 is 0 Å². The van der Waals surface area contributed by atoms with Gasteiger partial charge in [-0.3, -0.25) is 0 Å². The van der Waals surface area contributed by atoms with Crippen molar-refractivity contribution in [3.05, 3.63) is 59.7 Å². The summed E-state index contributed by atoms with van der Waals surface area (Å²) in [6, 6.07) is 13.7. The number of benzene rings is 2. The van der Waals surface area contributed by atoms with Crippen molar-refractivity contribution >= 4 is 22.7 Å². The molecule has 4 nitrogen and oxygen atoms in total. The Kier molecular flexibility index (Phi) is 3.35. The molecular weight excluding hydrogens is 304 g/mol. The number of fused-ring (bicyclic) bond motifs is 1. The minimum absolute atomic E-state index is 0.153. The van der Waals surface area contributed by atoms with Crippen molar-refractivity contribution in [3.8, 4) is 11.8 Å². The molecular formula is C20H14O4. The zero-order valence-electron chi connectivity index (χ0n) is 12.9. The molecule has 1 saturated carbocycles. The van der Waals surface area contributed by atoms with Crippen LogP contribution >= 0.6 is 0 Å². The highest BCUT2D eigenvalue weighted by Crippen LogP contribution is 2.40. The van der Waals surface area contributed by atoms with E-state index < -0.39 is 17.7 Å². The number of esters is 2. The fraction of sp³-hybridized carbons (Fsp3) is 0.200. The number of carbonyl (C=O) groups excluding carboxylic acids is 2. The van der Waals surface area contributed by atoms with E-state index in [0.717, 1.165) is 22.8 Å². The molecule has 0 aromatic heterocycles. The van der Waals surface area contributed by atoms with E-state index in [1.807, 2.05) is 42.5 Å². The van der Waals surface area contributed by atoms with Gasteiger partial charge in [0.05, 0.1) is 0 Å². The molecule has 0 atom stereocenters. The second kappa shape index (κ2) is 5.54. The van der Waals surface area contributed by atoms with E-state index in [-0.39, 0.29) is 5.57 Å². The van der Waals surface area contributed by atoms with Crippen LogP contribution in [0.1, 0.15) is 24.8 Å². The first kappa shape index (κ1) is 14.5. The zero-order chi connectivity index (χ0) is 16.6. The highest BCUT2D eigenvalue weighted by Gasteiger charge is 2.50. The fourth-order valence-corrected chi connectivity index (χ4v) is 2.86. The van der Waals surface area contributed by atoms with E-state index in [2.05, 4.69) is 11.8 Å². The molecule has 118 valence electrons. The van der Waals surface area contributed by atoms with Crippen molar-refractivity contribution < 1.29 is 19.1 Å². The Hall–Kier alpha value is -3.06. The van der Waals surface area contributed by atoms with Gasteiger partial charge in [0.25, 0.3) is 5.79 Å². The standard InChI is InChI=1S/C20H14O4/c21-18-17(19(22)24-20(23-18)12-5-13-20)11-4-9-15-8-3-7-14-6-1-2-10-16(14)15/h1-3,6-8,10-11H,5,12-13H2. The lowest BCUT2D eigenvalue weighted by Gasteiger charge is -2.42. The van der Waals surface area contributed by atoms with Gasteiger partial charge in [-0.2, -0.15) is 0 Å². The number of hydrogen-bond donors (Lipinski definition) is 0. The van der Waals surface area contributed by atoms with Crippen LogP contribution in [-0.4, -0.2) is 17.7 Å². The molecule has 1 aliphatic heterocycles. The minimum Gasteiger partial charge on any atom is -0.419 e. The molecule has 1 saturated heterocycles. The maximum absolute atomic E-state index is 12.0. The van der Waals surface area contributed by atoms with Crippen LogP contribution in [0, 0.1) is 11.8 Å². The Morgan fingerprint density at radius 2 is 1.67 bits per heavy atom. The average Bonchev–Trinajstić information content (AvgIpc) is 2.56. The third-order valence-electron chi connectivity index (χ3n) is 4.33. The third-order valence-corrected chi connectivity index (χ3v) is 4.33. The van der Waals surface area contributed by atoms with Crippen molar-refractivity contribution in [2.45, 2.75) is 25.0 Å². The van der Waals surface area contributed by atoms with Crippen molar-refractivity contribution in [1.29, 1.82) is 0 Å². The van der Waals surface area contributed by atoms with E-state index in [1.54, 1.807) is 0 Å². The molecule has 1 spiro atoms. The molecule has 1 heterocycles. The van der Waals surface area contributed by atoms with E-state index in [4.69, 9.17) is 9.47 Å². The first-order chi connectivity index (χ1) is 11.7. The van der Waals surface area contributed by atoms with Crippen molar-refractivity contribution in [2.24, 2.45) is 0 Å². The van der Waals surface area contributed by atoms with Gasteiger partial charge in [0.1, 0.15) is 0 Å². The van der Waals surface area contributed by atoms with Gasteiger partial charge in [-0.15, -0.1) is 0 Å². The van der Waals surface area contributed by atoms with Crippen LogP contribution in [0.4, 0.5) is 0 Å². The molecule has 2 fully saturated rings. The lowest BCUT2D eigenvalue weighted by atomic mass is 9.90. The van der Waals surface area contributed by atoms with Gasteiger partial charge >= 0.3 is 11.9 Å². The van der Waals surface area contributed by atoms with Gasteiger partial charge in [-0.05, 0) is 23.3 Å². The lowest BCUT2D eigenvalue weighted by molar-refractivity contribution is -0.261. The second-order valence-electron chi connectivity index (χ2n) is 5.90. The quantitative estimate of drug-likeness (QED) is 0.324. The molecule has 1 aliphatic carbocycles. The van der Waals surface area contributed by atoms with Gasteiger partial charge in [0.2, 0.25) is 0 Å². The average molecular weight is 318 g/mol. The monoisotopic (exact) mass is 318 g/mol. The minimum atomic E-state index is -1.02. The van der Waals surface area contributed by atoms with Crippen LogP contribution in [-0.2, 0) is 19.1 Å². The number of ether oxygens (including phenoxy) is 2. The largest absolute Gasteiger partial charge is 0.419 e. The molecule has 0 amide bonds. The topological polar surface area (TPSA) is 52.6 Å². The Balaban J connectivity index is 1.62. The molecule has 0 unspecified atom stereocenters. The molecule has 24 heavy (non-hydrogen) atoms. The summed E-state index contributed by atoms with van der Waals surface area (Å²) in [5.41, 5.74) is 0.679. The molecule has 2 aromatic rings. The Bertz CT molecular complexity index is 912. The first-order valence-corrected chi connectivity index (χ1v) is 7.83. The van der Waals surface area contributed by atoms with Crippen LogP contribution in [0.5, 0.6) is 0 Å². The van der Waals surface area contributed by atoms with Crippen molar-refractivity contribution in [3.63, 3.8) is 0 Å². The zero-order valence-corrected chi connectivity index (χ0v) is 12.9. The molecule has 4 rings (SSSR count). The molecule has 0 N–H and O–H groups in total. The van der Waals surface area contributed by atoms with Gasteiger partial charge in [0, 0.05) is 24.5 Å². The number of hydrogen-bond acceptors (Lipinski definition) is 4. The van der Waals surface area contributed by atoms with E-state index in [0.29, 0.717) is 12.8 Å². The molecule has 4 heteroatoms. The van der Waals surface area contributed by atoms with E-state index in [1.165, 1.54) is 6.08 Å². The summed E-state index contributed by atoms with van der Waals surface area (Å²) < 4.78 is 10.5.